The van der Waals surface area contributed by atoms with E-state index in [1.165, 1.54) is 31.4 Å². The lowest BCUT2D eigenvalue weighted by Gasteiger charge is -2.33. The van der Waals surface area contributed by atoms with Crippen LogP contribution in [0.15, 0.2) is 22.9 Å². The molecule has 102 valence electrons. The minimum atomic E-state index is 0.820. The molecule has 1 aliphatic carbocycles. The molecule has 1 heterocycles. The summed E-state index contributed by atoms with van der Waals surface area (Å²) in [6.45, 7) is 10.8. The van der Waals surface area contributed by atoms with Crippen LogP contribution < -0.4 is 0 Å². The first-order valence-electron chi connectivity index (χ1n) is 7.42. The zero-order valence-electron chi connectivity index (χ0n) is 12.2. The van der Waals surface area contributed by atoms with Gasteiger partial charge in [-0.25, -0.2) is 0 Å². The van der Waals surface area contributed by atoms with Crippen LogP contribution in [0.2, 0.25) is 0 Å². The highest BCUT2D eigenvalue weighted by molar-refractivity contribution is 5.32. The summed E-state index contributed by atoms with van der Waals surface area (Å²) in [6, 6.07) is 0. The zero-order chi connectivity index (χ0) is 13.0. The fourth-order valence-corrected chi connectivity index (χ4v) is 2.78. The van der Waals surface area contributed by atoms with Gasteiger partial charge in [0.25, 0.3) is 0 Å². The first-order chi connectivity index (χ1) is 8.70. The molecule has 2 nitrogen and oxygen atoms in total. The number of morpholine rings is 1. The Morgan fingerprint density at radius 3 is 2.67 bits per heavy atom. The SMILES string of the molecule is CCC(C)CC1=CC(N2CCOCC2)=C(C)CC1. The van der Waals surface area contributed by atoms with E-state index in [1.54, 1.807) is 11.1 Å². The maximum Gasteiger partial charge on any atom is 0.0642 e. The molecule has 0 aromatic heterocycles. The van der Waals surface area contributed by atoms with Crippen molar-refractivity contribution in [1.82, 2.24) is 4.90 Å². The Hall–Kier alpha value is -0.760. The standard InChI is InChI=1S/C16H27NO/c1-4-13(2)11-15-6-5-14(3)16(12-15)17-7-9-18-10-8-17/h12-13H,4-11H2,1-3H3. The van der Waals surface area contributed by atoms with Crippen LogP contribution in [0, 0.1) is 5.92 Å². The first-order valence-corrected chi connectivity index (χ1v) is 7.42. The molecule has 0 saturated carbocycles. The van der Waals surface area contributed by atoms with Gasteiger partial charge in [-0.15, -0.1) is 0 Å². The summed E-state index contributed by atoms with van der Waals surface area (Å²) in [4.78, 5) is 2.51. The molecule has 0 amide bonds. The maximum absolute atomic E-state index is 5.45. The summed E-state index contributed by atoms with van der Waals surface area (Å²) in [5.74, 6) is 0.820. The van der Waals surface area contributed by atoms with Gasteiger partial charge in [0.05, 0.1) is 13.2 Å². The summed E-state index contributed by atoms with van der Waals surface area (Å²) < 4.78 is 5.45. The molecule has 0 spiro atoms. The molecule has 18 heavy (non-hydrogen) atoms. The van der Waals surface area contributed by atoms with Crippen molar-refractivity contribution < 1.29 is 4.74 Å². The third kappa shape index (κ3) is 3.38. The van der Waals surface area contributed by atoms with Crippen LogP contribution in [0.4, 0.5) is 0 Å². The molecule has 0 aromatic carbocycles. The summed E-state index contributed by atoms with van der Waals surface area (Å²) in [7, 11) is 0. The van der Waals surface area contributed by atoms with E-state index in [2.05, 4.69) is 31.7 Å². The van der Waals surface area contributed by atoms with Crippen molar-refractivity contribution in [2.45, 2.75) is 46.5 Å². The molecule has 1 atom stereocenters. The van der Waals surface area contributed by atoms with E-state index in [1.807, 2.05) is 0 Å². The predicted octanol–water partition coefficient (Wildman–Crippen LogP) is 3.75. The Labute approximate surface area is 112 Å². The van der Waals surface area contributed by atoms with Gasteiger partial charge in [0, 0.05) is 18.8 Å². The Bertz CT molecular complexity index is 337. The van der Waals surface area contributed by atoms with E-state index in [0.717, 1.165) is 32.2 Å². The van der Waals surface area contributed by atoms with Gasteiger partial charge in [0.1, 0.15) is 0 Å². The molecule has 2 rings (SSSR count). The van der Waals surface area contributed by atoms with E-state index < -0.39 is 0 Å². The first kappa shape index (κ1) is 13.7. The number of allylic oxidation sites excluding steroid dienone is 3. The molecular weight excluding hydrogens is 222 g/mol. The Morgan fingerprint density at radius 2 is 2.00 bits per heavy atom. The van der Waals surface area contributed by atoms with E-state index in [0.29, 0.717) is 0 Å². The third-order valence-electron chi connectivity index (χ3n) is 4.26. The molecule has 0 bridgehead atoms. The lowest BCUT2D eigenvalue weighted by Crippen LogP contribution is -2.36. The minimum absolute atomic E-state index is 0.820. The Morgan fingerprint density at radius 1 is 1.28 bits per heavy atom. The summed E-state index contributed by atoms with van der Waals surface area (Å²) in [5, 5.41) is 0. The van der Waals surface area contributed by atoms with Gasteiger partial charge in [-0.05, 0) is 43.8 Å². The molecule has 1 aliphatic heterocycles. The van der Waals surface area contributed by atoms with Crippen molar-refractivity contribution in [1.29, 1.82) is 0 Å². The predicted molar refractivity (Wildman–Crippen MR) is 76.5 cm³/mol. The molecule has 1 fully saturated rings. The van der Waals surface area contributed by atoms with Crippen LogP contribution in [0.1, 0.15) is 46.5 Å². The topological polar surface area (TPSA) is 12.5 Å². The van der Waals surface area contributed by atoms with Gasteiger partial charge in [-0.2, -0.15) is 0 Å². The molecule has 0 radical (unpaired) electrons. The second kappa shape index (κ2) is 6.42. The van der Waals surface area contributed by atoms with Crippen molar-refractivity contribution in [3.05, 3.63) is 22.9 Å². The summed E-state index contributed by atoms with van der Waals surface area (Å²) >= 11 is 0. The lowest BCUT2D eigenvalue weighted by atomic mass is 9.89. The highest BCUT2D eigenvalue weighted by atomic mass is 16.5. The maximum atomic E-state index is 5.45. The molecule has 2 aliphatic rings. The van der Waals surface area contributed by atoms with E-state index in [9.17, 15) is 0 Å². The number of hydrogen-bond donors (Lipinski definition) is 0. The van der Waals surface area contributed by atoms with Crippen molar-refractivity contribution in [2.24, 2.45) is 5.92 Å². The van der Waals surface area contributed by atoms with E-state index >= 15 is 0 Å². The highest BCUT2D eigenvalue weighted by Crippen LogP contribution is 2.30. The summed E-state index contributed by atoms with van der Waals surface area (Å²) in [6.07, 6.45) is 7.54. The van der Waals surface area contributed by atoms with Gasteiger partial charge in [-0.3, -0.25) is 0 Å². The van der Waals surface area contributed by atoms with Gasteiger partial charge < -0.3 is 9.64 Å². The normalized spacial score (nSPS) is 23.1. The lowest BCUT2D eigenvalue weighted by molar-refractivity contribution is 0.0546. The van der Waals surface area contributed by atoms with Crippen molar-refractivity contribution in [2.75, 3.05) is 26.3 Å². The van der Waals surface area contributed by atoms with E-state index in [-0.39, 0.29) is 0 Å². The van der Waals surface area contributed by atoms with Crippen molar-refractivity contribution in [3.8, 4) is 0 Å². The quantitative estimate of drug-likeness (QED) is 0.752. The number of rotatable bonds is 4. The van der Waals surface area contributed by atoms with Crippen molar-refractivity contribution in [3.63, 3.8) is 0 Å². The number of nitrogens with zero attached hydrogens (tertiary/aromatic N) is 1. The fraction of sp³-hybridized carbons (Fsp3) is 0.750. The van der Waals surface area contributed by atoms with Crippen LogP contribution in [0.3, 0.4) is 0 Å². The van der Waals surface area contributed by atoms with Gasteiger partial charge >= 0.3 is 0 Å². The van der Waals surface area contributed by atoms with Crippen LogP contribution in [0.5, 0.6) is 0 Å². The van der Waals surface area contributed by atoms with Gasteiger partial charge in [0.2, 0.25) is 0 Å². The number of hydrogen-bond acceptors (Lipinski definition) is 2. The largest absolute Gasteiger partial charge is 0.378 e. The summed E-state index contributed by atoms with van der Waals surface area (Å²) in [5.41, 5.74) is 4.70. The second-order valence-electron chi connectivity index (χ2n) is 5.79. The zero-order valence-corrected chi connectivity index (χ0v) is 12.2. The fourth-order valence-electron chi connectivity index (χ4n) is 2.78. The van der Waals surface area contributed by atoms with Crippen molar-refractivity contribution >= 4 is 0 Å². The molecule has 0 N–H and O–H groups in total. The molecule has 1 saturated heterocycles. The smallest absolute Gasteiger partial charge is 0.0642 e. The van der Waals surface area contributed by atoms with Crippen LogP contribution in [0.25, 0.3) is 0 Å². The Balaban J connectivity index is 2.06. The molecule has 1 unspecified atom stereocenters. The average molecular weight is 249 g/mol. The highest BCUT2D eigenvalue weighted by Gasteiger charge is 2.18. The molecular formula is C16H27NO. The second-order valence-corrected chi connectivity index (χ2v) is 5.79. The van der Waals surface area contributed by atoms with Gasteiger partial charge in [0.15, 0.2) is 0 Å². The third-order valence-corrected chi connectivity index (χ3v) is 4.26. The van der Waals surface area contributed by atoms with Crippen LogP contribution in [-0.2, 0) is 4.74 Å². The molecule has 0 aromatic rings. The van der Waals surface area contributed by atoms with Crippen LogP contribution >= 0.6 is 0 Å². The Kier molecular flexibility index (Phi) is 4.87. The average Bonchev–Trinajstić information content (AvgIpc) is 2.42. The van der Waals surface area contributed by atoms with Crippen LogP contribution in [-0.4, -0.2) is 31.2 Å². The van der Waals surface area contributed by atoms with Gasteiger partial charge in [-0.1, -0.05) is 25.8 Å². The number of ether oxygens (including phenoxy) is 1. The minimum Gasteiger partial charge on any atom is -0.378 e. The monoisotopic (exact) mass is 249 g/mol. The van der Waals surface area contributed by atoms with E-state index in [4.69, 9.17) is 4.74 Å². The molecule has 2 heteroatoms.